The van der Waals surface area contributed by atoms with Gasteiger partial charge < -0.3 is 10.1 Å². The fourth-order valence-corrected chi connectivity index (χ4v) is 0.673. The molecule has 0 aromatic carbocycles. The summed E-state index contributed by atoms with van der Waals surface area (Å²) in [7, 11) is 1.60. The molecule has 0 aliphatic heterocycles. The van der Waals surface area contributed by atoms with Gasteiger partial charge in [-0.15, -0.1) is 0 Å². The third-order valence-corrected chi connectivity index (χ3v) is 1.09. The van der Waals surface area contributed by atoms with E-state index in [4.69, 9.17) is 4.74 Å². The quantitative estimate of drug-likeness (QED) is 0.707. The minimum atomic E-state index is -0.343. The van der Waals surface area contributed by atoms with Crippen LogP contribution in [-0.2, 0) is 9.53 Å². The zero-order valence-electron chi connectivity index (χ0n) is 8.97. The van der Waals surface area contributed by atoms with E-state index in [1.165, 1.54) is 0 Å². The Morgan fingerprint density at radius 1 is 1.25 bits per heavy atom. The number of amides is 1. The molecule has 0 spiro atoms. The first-order chi connectivity index (χ1) is 5.57. The minimum absolute atomic E-state index is 0.0753. The smallest absolute Gasteiger partial charge is 0.248 e. The van der Waals surface area contributed by atoms with Gasteiger partial charge in [-0.3, -0.25) is 4.79 Å². The molecular formula is C9H21NO2. The van der Waals surface area contributed by atoms with E-state index in [1.54, 1.807) is 14.0 Å². The summed E-state index contributed by atoms with van der Waals surface area (Å²) in [6, 6.07) is 0. The summed E-state index contributed by atoms with van der Waals surface area (Å²) in [5, 5.41) is 2.51. The monoisotopic (exact) mass is 175 g/mol. The largest absolute Gasteiger partial charge is 0.366 e. The van der Waals surface area contributed by atoms with Crippen molar-refractivity contribution in [2.75, 3.05) is 7.05 Å². The van der Waals surface area contributed by atoms with Crippen molar-refractivity contribution in [3.63, 3.8) is 0 Å². The third-order valence-electron chi connectivity index (χ3n) is 1.09. The Morgan fingerprint density at radius 2 is 1.67 bits per heavy atom. The number of nitrogens with one attached hydrogen (secondary N) is 1. The molecular weight excluding hydrogens is 154 g/mol. The molecule has 3 heteroatoms. The molecule has 0 heterocycles. The molecule has 0 bridgehead atoms. The molecule has 1 amide bonds. The Bertz CT molecular complexity index is 113. The van der Waals surface area contributed by atoms with Crippen LogP contribution in [0.2, 0.25) is 0 Å². The molecule has 12 heavy (non-hydrogen) atoms. The van der Waals surface area contributed by atoms with Gasteiger partial charge in [0.05, 0.1) is 6.10 Å². The van der Waals surface area contributed by atoms with Gasteiger partial charge in [-0.1, -0.05) is 13.8 Å². The highest BCUT2D eigenvalue weighted by atomic mass is 16.5. The fourth-order valence-electron chi connectivity index (χ4n) is 0.673. The first-order valence-electron chi connectivity index (χ1n) is 4.45. The van der Waals surface area contributed by atoms with Crippen LogP contribution in [0.15, 0.2) is 0 Å². The van der Waals surface area contributed by atoms with Gasteiger partial charge in [0, 0.05) is 7.05 Å². The molecule has 0 aromatic heterocycles. The Morgan fingerprint density at radius 3 is 1.92 bits per heavy atom. The maximum absolute atomic E-state index is 10.8. The summed E-state index contributed by atoms with van der Waals surface area (Å²) in [6.45, 7) is 9.54. The standard InChI is InChI=1S/C7H15NO2.C2H6/c1-5(2)10-6(3)7(9)8-4;1-2/h5-6H,1-4H3,(H,8,9);1-2H3. The number of carbonyl (C=O) groups is 1. The van der Waals surface area contributed by atoms with E-state index < -0.39 is 0 Å². The average Bonchev–Trinajstić information content (AvgIpc) is 2.05. The Balaban J connectivity index is 0. The van der Waals surface area contributed by atoms with Crippen LogP contribution in [0.25, 0.3) is 0 Å². The molecule has 0 fully saturated rings. The maximum atomic E-state index is 10.8. The lowest BCUT2D eigenvalue weighted by Crippen LogP contribution is -2.33. The number of hydrogen-bond acceptors (Lipinski definition) is 2. The van der Waals surface area contributed by atoms with Crippen LogP contribution >= 0.6 is 0 Å². The van der Waals surface area contributed by atoms with Crippen molar-refractivity contribution < 1.29 is 9.53 Å². The summed E-state index contributed by atoms with van der Waals surface area (Å²) in [4.78, 5) is 10.8. The topological polar surface area (TPSA) is 38.3 Å². The normalized spacial score (nSPS) is 11.6. The molecule has 0 aliphatic carbocycles. The number of ether oxygens (including phenoxy) is 1. The van der Waals surface area contributed by atoms with Gasteiger partial charge in [-0.2, -0.15) is 0 Å². The van der Waals surface area contributed by atoms with Gasteiger partial charge in [-0.05, 0) is 20.8 Å². The molecule has 1 unspecified atom stereocenters. The molecule has 0 rings (SSSR count). The van der Waals surface area contributed by atoms with Gasteiger partial charge in [0.2, 0.25) is 5.91 Å². The second-order valence-corrected chi connectivity index (χ2v) is 2.44. The second kappa shape index (κ2) is 8.53. The van der Waals surface area contributed by atoms with Crippen LogP contribution in [0.5, 0.6) is 0 Å². The number of carbonyl (C=O) groups excluding carboxylic acids is 1. The highest BCUT2D eigenvalue weighted by Gasteiger charge is 2.11. The molecule has 3 nitrogen and oxygen atoms in total. The summed E-state index contributed by atoms with van der Waals surface area (Å²) in [5.41, 5.74) is 0. The number of rotatable bonds is 3. The van der Waals surface area contributed by atoms with Crippen LogP contribution in [0, 0.1) is 0 Å². The SMILES string of the molecule is CC.CNC(=O)C(C)OC(C)C. The van der Waals surface area contributed by atoms with Crippen LogP contribution < -0.4 is 5.32 Å². The second-order valence-electron chi connectivity index (χ2n) is 2.44. The predicted molar refractivity (Wildman–Crippen MR) is 51.1 cm³/mol. The fraction of sp³-hybridized carbons (Fsp3) is 0.889. The van der Waals surface area contributed by atoms with Crippen LogP contribution in [0.1, 0.15) is 34.6 Å². The summed E-state index contributed by atoms with van der Waals surface area (Å²) in [6.07, 6.45) is -0.239. The van der Waals surface area contributed by atoms with Gasteiger partial charge in [-0.25, -0.2) is 0 Å². The summed E-state index contributed by atoms with van der Waals surface area (Å²) >= 11 is 0. The third kappa shape index (κ3) is 7.54. The minimum Gasteiger partial charge on any atom is -0.366 e. The summed E-state index contributed by atoms with van der Waals surface area (Å²) < 4.78 is 5.19. The van der Waals surface area contributed by atoms with E-state index in [-0.39, 0.29) is 18.1 Å². The lowest BCUT2D eigenvalue weighted by molar-refractivity contribution is -0.133. The van der Waals surface area contributed by atoms with Crippen molar-refractivity contribution in [3.8, 4) is 0 Å². The van der Waals surface area contributed by atoms with Crippen LogP contribution in [-0.4, -0.2) is 25.2 Å². The van der Waals surface area contributed by atoms with Crippen molar-refractivity contribution in [3.05, 3.63) is 0 Å². The van der Waals surface area contributed by atoms with E-state index in [1.807, 2.05) is 27.7 Å². The molecule has 0 saturated carbocycles. The Labute approximate surface area is 75.5 Å². The maximum Gasteiger partial charge on any atom is 0.248 e. The highest BCUT2D eigenvalue weighted by molar-refractivity contribution is 5.79. The molecule has 74 valence electrons. The lowest BCUT2D eigenvalue weighted by atomic mass is 10.3. The van der Waals surface area contributed by atoms with Crippen molar-refractivity contribution in [2.45, 2.75) is 46.8 Å². The zero-order chi connectivity index (χ0) is 10.1. The molecule has 1 N–H and O–H groups in total. The van der Waals surface area contributed by atoms with E-state index in [2.05, 4.69) is 5.32 Å². The van der Waals surface area contributed by atoms with Crippen LogP contribution in [0.3, 0.4) is 0 Å². The molecule has 0 radical (unpaired) electrons. The zero-order valence-corrected chi connectivity index (χ0v) is 8.97. The van der Waals surface area contributed by atoms with Crippen molar-refractivity contribution in [2.24, 2.45) is 0 Å². The predicted octanol–water partition coefficient (Wildman–Crippen LogP) is 1.57. The first-order valence-corrected chi connectivity index (χ1v) is 4.45. The van der Waals surface area contributed by atoms with Gasteiger partial charge in [0.25, 0.3) is 0 Å². The van der Waals surface area contributed by atoms with E-state index in [9.17, 15) is 4.79 Å². The first kappa shape index (κ1) is 14.0. The molecule has 0 aromatic rings. The number of likely N-dealkylation sites (N-methyl/N-ethyl adjacent to an activating group) is 1. The Kier molecular flexibility index (Phi) is 9.93. The van der Waals surface area contributed by atoms with E-state index >= 15 is 0 Å². The highest BCUT2D eigenvalue weighted by Crippen LogP contribution is 1.95. The lowest BCUT2D eigenvalue weighted by Gasteiger charge is -2.13. The Hall–Kier alpha value is -0.570. The van der Waals surface area contributed by atoms with Crippen molar-refractivity contribution >= 4 is 5.91 Å². The van der Waals surface area contributed by atoms with Crippen LogP contribution in [0.4, 0.5) is 0 Å². The van der Waals surface area contributed by atoms with Gasteiger partial charge >= 0.3 is 0 Å². The molecule has 0 saturated heterocycles. The molecule has 1 atom stereocenters. The van der Waals surface area contributed by atoms with Gasteiger partial charge in [0.15, 0.2) is 0 Å². The summed E-state index contributed by atoms with van der Waals surface area (Å²) in [5.74, 6) is -0.0753. The average molecular weight is 175 g/mol. The van der Waals surface area contributed by atoms with Crippen molar-refractivity contribution in [1.29, 1.82) is 0 Å². The van der Waals surface area contributed by atoms with Crippen molar-refractivity contribution in [1.82, 2.24) is 5.32 Å². The van der Waals surface area contributed by atoms with E-state index in [0.29, 0.717) is 0 Å². The number of hydrogen-bond donors (Lipinski definition) is 1. The molecule has 0 aliphatic rings. The van der Waals surface area contributed by atoms with Gasteiger partial charge in [0.1, 0.15) is 6.10 Å². The van der Waals surface area contributed by atoms with E-state index in [0.717, 1.165) is 0 Å².